The molecule has 4 nitrogen and oxygen atoms in total. The molecule has 0 amide bonds. The van der Waals surface area contributed by atoms with Gasteiger partial charge in [-0.3, -0.25) is 9.20 Å². The number of nitrogens with one attached hydrogen (secondary N) is 1. The number of nitrogens with two attached hydrogens (primary N) is 1. The molecule has 1 unspecified atom stereocenters. The Balaban J connectivity index is 2.48. The molecule has 0 spiro atoms. The van der Waals surface area contributed by atoms with E-state index in [0.717, 1.165) is 12.8 Å². The van der Waals surface area contributed by atoms with Crippen LogP contribution >= 0.6 is 0 Å². The highest BCUT2D eigenvalue weighted by Crippen LogP contribution is 2.41. The first-order chi connectivity index (χ1) is 6.75. The summed E-state index contributed by atoms with van der Waals surface area (Å²) in [5.41, 5.74) is 5.66. The average molecular weight is 231 g/mol. The molecule has 0 aliphatic heterocycles. The smallest absolute Gasteiger partial charge is 0.189 e. The number of aliphatic imine (C=N–C) groups is 1. The summed E-state index contributed by atoms with van der Waals surface area (Å²) in [6, 6.07) is 0. The van der Waals surface area contributed by atoms with E-state index in [2.05, 4.69) is 10.3 Å². The van der Waals surface area contributed by atoms with E-state index in [9.17, 15) is 4.21 Å². The Hall–Kier alpha value is -0.580. The third kappa shape index (κ3) is 3.81. The Morgan fingerprint density at radius 2 is 2.07 bits per heavy atom. The molecule has 0 radical (unpaired) electrons. The van der Waals surface area contributed by atoms with Crippen LogP contribution in [0.5, 0.6) is 0 Å². The van der Waals surface area contributed by atoms with Crippen molar-refractivity contribution in [2.75, 3.05) is 12.8 Å². The molecule has 3 N–H and O–H groups in total. The van der Waals surface area contributed by atoms with Crippen molar-refractivity contribution in [3.63, 3.8) is 0 Å². The van der Waals surface area contributed by atoms with E-state index in [-0.39, 0.29) is 10.3 Å². The largest absolute Gasteiger partial charge is 0.370 e. The molecule has 1 aliphatic rings. The maximum atomic E-state index is 11.4. The number of guanidine groups is 1. The quantitative estimate of drug-likeness (QED) is 0.552. The van der Waals surface area contributed by atoms with Crippen LogP contribution in [0.4, 0.5) is 0 Å². The summed E-state index contributed by atoms with van der Waals surface area (Å²) in [5, 5.41) is 3.09. The van der Waals surface area contributed by atoms with Crippen molar-refractivity contribution >= 4 is 16.8 Å². The minimum atomic E-state index is -0.795. The molecule has 0 heterocycles. The van der Waals surface area contributed by atoms with E-state index in [0.29, 0.717) is 12.5 Å². The highest BCUT2D eigenvalue weighted by Gasteiger charge is 2.46. The van der Waals surface area contributed by atoms with Crippen LogP contribution < -0.4 is 11.1 Å². The molecule has 5 heteroatoms. The van der Waals surface area contributed by atoms with Crippen molar-refractivity contribution in [2.45, 2.75) is 43.9 Å². The fourth-order valence-corrected chi connectivity index (χ4v) is 2.25. The summed E-state index contributed by atoms with van der Waals surface area (Å²) in [7, 11) is -0.795. The van der Waals surface area contributed by atoms with E-state index in [1.54, 1.807) is 6.26 Å². The van der Waals surface area contributed by atoms with Gasteiger partial charge in [-0.05, 0) is 33.6 Å². The summed E-state index contributed by atoms with van der Waals surface area (Å²) in [4.78, 5) is 4.26. The predicted molar refractivity (Wildman–Crippen MR) is 65.4 cm³/mol. The molecule has 1 aliphatic carbocycles. The maximum absolute atomic E-state index is 11.4. The van der Waals surface area contributed by atoms with Gasteiger partial charge < -0.3 is 11.1 Å². The van der Waals surface area contributed by atoms with Gasteiger partial charge in [-0.25, -0.2) is 0 Å². The van der Waals surface area contributed by atoms with E-state index < -0.39 is 10.8 Å². The molecule has 0 aromatic heterocycles. The van der Waals surface area contributed by atoms with Gasteiger partial charge in [0.15, 0.2) is 5.96 Å². The van der Waals surface area contributed by atoms with Gasteiger partial charge in [0, 0.05) is 22.6 Å². The minimum Gasteiger partial charge on any atom is -0.370 e. The lowest BCUT2D eigenvalue weighted by Crippen LogP contribution is -2.45. The fraction of sp³-hybridized carbons (Fsp3) is 0.900. The lowest BCUT2D eigenvalue weighted by atomic mass is 10.1. The van der Waals surface area contributed by atoms with Crippen LogP contribution in [0, 0.1) is 0 Å². The minimum absolute atomic E-state index is 0.0737. The third-order valence-corrected chi connectivity index (χ3v) is 4.22. The van der Waals surface area contributed by atoms with Crippen LogP contribution in [0.25, 0.3) is 0 Å². The van der Waals surface area contributed by atoms with Crippen molar-refractivity contribution in [1.82, 2.24) is 5.32 Å². The SMILES string of the molecule is CS(=O)C1(CN=C(N)NC(C)(C)C)CC1. The zero-order valence-corrected chi connectivity index (χ0v) is 10.8. The second kappa shape index (κ2) is 4.12. The standard InChI is InChI=1S/C10H21N3OS/c1-9(2,3)13-8(11)12-7-10(5-6-10)15(4)14/h5-7H2,1-4H3,(H3,11,12,13). The number of hydrogen-bond acceptors (Lipinski definition) is 2. The highest BCUT2D eigenvalue weighted by atomic mass is 32.2. The van der Waals surface area contributed by atoms with E-state index in [1.807, 2.05) is 20.8 Å². The normalized spacial score (nSPS) is 22.3. The fourth-order valence-electron chi connectivity index (χ4n) is 1.33. The molecule has 1 atom stereocenters. The zero-order chi connectivity index (χ0) is 11.7. The number of rotatable bonds is 3. The molecule has 0 aromatic rings. The molecule has 0 bridgehead atoms. The molecular weight excluding hydrogens is 210 g/mol. The molecule has 0 saturated heterocycles. The third-order valence-electron chi connectivity index (χ3n) is 2.46. The van der Waals surface area contributed by atoms with Crippen molar-refractivity contribution in [1.29, 1.82) is 0 Å². The zero-order valence-electron chi connectivity index (χ0n) is 9.96. The first-order valence-corrected chi connectivity index (χ1v) is 6.73. The average Bonchev–Trinajstić information content (AvgIpc) is 2.77. The summed E-state index contributed by atoms with van der Waals surface area (Å²) in [6.07, 6.45) is 3.75. The molecule has 1 saturated carbocycles. The molecule has 1 fully saturated rings. The van der Waals surface area contributed by atoms with Crippen LogP contribution in [0.3, 0.4) is 0 Å². The molecule has 15 heavy (non-hydrogen) atoms. The van der Waals surface area contributed by atoms with Crippen LogP contribution in [0.1, 0.15) is 33.6 Å². The monoisotopic (exact) mass is 231 g/mol. The lowest BCUT2D eigenvalue weighted by molar-refractivity contribution is 0.508. The first kappa shape index (κ1) is 12.5. The topological polar surface area (TPSA) is 67.5 Å². The molecular formula is C10H21N3OS. The summed E-state index contributed by atoms with van der Waals surface area (Å²) in [5.74, 6) is 0.444. The van der Waals surface area contributed by atoms with Gasteiger partial charge in [0.1, 0.15) is 0 Å². The summed E-state index contributed by atoms with van der Waals surface area (Å²) in [6.45, 7) is 6.66. The second-order valence-electron chi connectivity index (χ2n) is 5.21. The van der Waals surface area contributed by atoms with Gasteiger partial charge in [0.05, 0.1) is 11.3 Å². The highest BCUT2D eigenvalue weighted by molar-refractivity contribution is 7.86. The molecule has 0 aromatic carbocycles. The summed E-state index contributed by atoms with van der Waals surface area (Å²) < 4.78 is 11.3. The Kier molecular flexibility index (Phi) is 3.43. The van der Waals surface area contributed by atoms with Gasteiger partial charge in [-0.15, -0.1) is 0 Å². The Labute approximate surface area is 94.2 Å². The van der Waals surface area contributed by atoms with Crippen LogP contribution in [-0.4, -0.2) is 33.3 Å². The molecule has 88 valence electrons. The van der Waals surface area contributed by atoms with E-state index in [1.165, 1.54) is 0 Å². The van der Waals surface area contributed by atoms with Crippen LogP contribution in [0.15, 0.2) is 4.99 Å². The van der Waals surface area contributed by atoms with Crippen molar-refractivity contribution in [3.8, 4) is 0 Å². The number of hydrogen-bond donors (Lipinski definition) is 2. The van der Waals surface area contributed by atoms with Gasteiger partial charge >= 0.3 is 0 Å². The maximum Gasteiger partial charge on any atom is 0.189 e. The van der Waals surface area contributed by atoms with Gasteiger partial charge in [-0.2, -0.15) is 0 Å². The lowest BCUT2D eigenvalue weighted by Gasteiger charge is -2.21. The van der Waals surface area contributed by atoms with Gasteiger partial charge in [0.25, 0.3) is 0 Å². The first-order valence-electron chi connectivity index (χ1n) is 5.17. The summed E-state index contributed by atoms with van der Waals surface area (Å²) >= 11 is 0. The molecule has 1 rings (SSSR count). The van der Waals surface area contributed by atoms with Crippen LogP contribution in [0.2, 0.25) is 0 Å². The Morgan fingerprint density at radius 3 is 2.40 bits per heavy atom. The van der Waals surface area contributed by atoms with E-state index in [4.69, 9.17) is 5.73 Å². The second-order valence-corrected chi connectivity index (χ2v) is 6.99. The van der Waals surface area contributed by atoms with Crippen LogP contribution in [-0.2, 0) is 10.8 Å². The van der Waals surface area contributed by atoms with Crippen molar-refractivity contribution < 1.29 is 4.21 Å². The van der Waals surface area contributed by atoms with Crippen molar-refractivity contribution in [3.05, 3.63) is 0 Å². The van der Waals surface area contributed by atoms with Gasteiger partial charge in [0.2, 0.25) is 0 Å². The Morgan fingerprint density at radius 1 is 1.53 bits per heavy atom. The van der Waals surface area contributed by atoms with Crippen molar-refractivity contribution in [2.24, 2.45) is 10.7 Å². The predicted octanol–water partition coefficient (Wildman–Crippen LogP) is 0.600. The van der Waals surface area contributed by atoms with Gasteiger partial charge in [-0.1, -0.05) is 0 Å². The Bertz CT molecular complexity index is 290. The van der Waals surface area contributed by atoms with E-state index >= 15 is 0 Å². The number of nitrogens with zero attached hydrogens (tertiary/aromatic N) is 1.